The SMILES string of the molecule is C/C(=N/Nc1ncc(C(F)(F)F)cc1Cl)C1=NO[C@@H]2C(=O)N(c3cccc(C(F)(F)F)c3)C(=O)[C@H]12. The van der Waals surface area contributed by atoms with Gasteiger partial charge < -0.3 is 4.84 Å². The van der Waals surface area contributed by atoms with E-state index in [0.29, 0.717) is 23.2 Å². The summed E-state index contributed by atoms with van der Waals surface area (Å²) in [7, 11) is 0. The molecule has 184 valence electrons. The molecule has 35 heavy (non-hydrogen) atoms. The third-order valence-corrected chi connectivity index (χ3v) is 5.40. The van der Waals surface area contributed by atoms with Crippen LogP contribution in [0.1, 0.15) is 18.1 Å². The van der Waals surface area contributed by atoms with Crippen molar-refractivity contribution in [1.29, 1.82) is 0 Å². The second kappa shape index (κ2) is 8.52. The summed E-state index contributed by atoms with van der Waals surface area (Å²) < 4.78 is 77.4. The van der Waals surface area contributed by atoms with Crippen LogP contribution in [-0.2, 0) is 26.8 Å². The zero-order chi connectivity index (χ0) is 25.7. The number of nitrogens with one attached hydrogen (secondary N) is 1. The number of amides is 2. The number of nitrogens with zero attached hydrogens (tertiary/aromatic N) is 4. The molecule has 0 spiro atoms. The van der Waals surface area contributed by atoms with Gasteiger partial charge in [0.1, 0.15) is 11.6 Å². The summed E-state index contributed by atoms with van der Waals surface area (Å²) in [5.41, 5.74) is -0.165. The van der Waals surface area contributed by atoms with Crippen molar-refractivity contribution >= 4 is 46.3 Å². The van der Waals surface area contributed by atoms with E-state index in [1.165, 1.54) is 13.0 Å². The first-order chi connectivity index (χ1) is 16.3. The highest BCUT2D eigenvalue weighted by atomic mass is 35.5. The zero-order valence-electron chi connectivity index (χ0n) is 17.3. The first-order valence-electron chi connectivity index (χ1n) is 9.61. The van der Waals surface area contributed by atoms with E-state index in [4.69, 9.17) is 16.4 Å². The van der Waals surface area contributed by atoms with Gasteiger partial charge in [-0.3, -0.25) is 15.0 Å². The number of imide groups is 1. The number of oxime groups is 1. The Morgan fingerprint density at radius 3 is 2.40 bits per heavy atom. The highest BCUT2D eigenvalue weighted by Gasteiger charge is 2.56. The molecule has 2 atom stereocenters. The maximum Gasteiger partial charge on any atom is 0.417 e. The van der Waals surface area contributed by atoms with Crippen molar-refractivity contribution in [2.24, 2.45) is 16.2 Å². The van der Waals surface area contributed by atoms with Gasteiger partial charge in [0.25, 0.3) is 5.91 Å². The van der Waals surface area contributed by atoms with E-state index in [0.717, 1.165) is 12.1 Å². The molecule has 0 radical (unpaired) electrons. The zero-order valence-corrected chi connectivity index (χ0v) is 18.0. The Morgan fingerprint density at radius 2 is 1.77 bits per heavy atom. The number of carbonyl (C=O) groups is 2. The number of hydrogen-bond acceptors (Lipinski definition) is 7. The lowest BCUT2D eigenvalue weighted by molar-refractivity contribution is -0.138. The molecule has 8 nitrogen and oxygen atoms in total. The lowest BCUT2D eigenvalue weighted by Gasteiger charge is -2.17. The molecule has 0 bridgehead atoms. The van der Waals surface area contributed by atoms with Gasteiger partial charge in [0.15, 0.2) is 5.82 Å². The molecule has 1 aromatic carbocycles. The van der Waals surface area contributed by atoms with Crippen molar-refractivity contribution in [3.8, 4) is 0 Å². The molecule has 2 aliphatic rings. The molecule has 1 fully saturated rings. The van der Waals surface area contributed by atoms with E-state index in [1.807, 2.05) is 0 Å². The molecule has 2 aliphatic heterocycles. The Kier molecular flexibility index (Phi) is 5.95. The van der Waals surface area contributed by atoms with Crippen LogP contribution < -0.4 is 10.3 Å². The quantitative estimate of drug-likeness (QED) is 0.278. The van der Waals surface area contributed by atoms with E-state index in [9.17, 15) is 35.9 Å². The lowest BCUT2D eigenvalue weighted by Crippen LogP contribution is -2.34. The Labute approximate surface area is 197 Å². The number of hydrogen-bond donors (Lipinski definition) is 1. The van der Waals surface area contributed by atoms with Gasteiger partial charge >= 0.3 is 12.4 Å². The van der Waals surface area contributed by atoms with Crippen molar-refractivity contribution in [2.75, 3.05) is 10.3 Å². The van der Waals surface area contributed by atoms with Gasteiger partial charge in [-0.25, -0.2) is 9.88 Å². The number of hydrazone groups is 1. The first-order valence-corrected chi connectivity index (χ1v) is 9.99. The molecule has 15 heteroatoms. The van der Waals surface area contributed by atoms with Crippen LogP contribution in [-0.4, -0.2) is 34.3 Å². The van der Waals surface area contributed by atoms with Crippen molar-refractivity contribution < 1.29 is 40.8 Å². The fourth-order valence-corrected chi connectivity index (χ4v) is 3.63. The molecule has 1 aromatic heterocycles. The molecular formula is C20H12ClF6N5O3. The summed E-state index contributed by atoms with van der Waals surface area (Å²) in [6.07, 6.45) is -10.2. The van der Waals surface area contributed by atoms with E-state index in [2.05, 4.69) is 20.7 Å². The molecule has 1 saturated heterocycles. The molecule has 0 unspecified atom stereocenters. The average Bonchev–Trinajstić information content (AvgIpc) is 3.31. The molecular weight excluding hydrogens is 508 g/mol. The highest BCUT2D eigenvalue weighted by Crippen LogP contribution is 2.37. The Balaban J connectivity index is 1.55. The number of pyridine rings is 1. The summed E-state index contributed by atoms with van der Waals surface area (Å²) in [6, 6.07) is 4.32. The number of carbonyl (C=O) groups excluding carboxylic acids is 2. The first kappa shape index (κ1) is 24.4. The molecule has 0 aliphatic carbocycles. The second-order valence-corrected chi connectivity index (χ2v) is 7.81. The van der Waals surface area contributed by atoms with Crippen LogP contribution in [0.3, 0.4) is 0 Å². The van der Waals surface area contributed by atoms with Crippen LogP contribution in [0.25, 0.3) is 0 Å². The van der Waals surface area contributed by atoms with Gasteiger partial charge in [-0.15, -0.1) is 0 Å². The summed E-state index contributed by atoms with van der Waals surface area (Å²) in [6.45, 7) is 1.36. The van der Waals surface area contributed by atoms with E-state index in [1.54, 1.807) is 0 Å². The van der Waals surface area contributed by atoms with Crippen LogP contribution in [0.5, 0.6) is 0 Å². The summed E-state index contributed by atoms with van der Waals surface area (Å²) in [4.78, 5) is 34.9. The van der Waals surface area contributed by atoms with Crippen LogP contribution in [0.15, 0.2) is 46.8 Å². The molecule has 2 aromatic rings. The van der Waals surface area contributed by atoms with Gasteiger partial charge in [-0.1, -0.05) is 22.8 Å². The van der Waals surface area contributed by atoms with Gasteiger partial charge in [0, 0.05) is 6.20 Å². The number of alkyl halides is 6. The summed E-state index contributed by atoms with van der Waals surface area (Å²) in [5, 5.41) is 7.19. The van der Waals surface area contributed by atoms with Crippen LogP contribution in [0.4, 0.5) is 37.8 Å². The molecule has 4 rings (SSSR count). The smallest absolute Gasteiger partial charge is 0.381 e. The van der Waals surface area contributed by atoms with Crippen molar-refractivity contribution in [3.05, 3.63) is 52.7 Å². The predicted molar refractivity (Wildman–Crippen MR) is 111 cm³/mol. The average molecular weight is 520 g/mol. The lowest BCUT2D eigenvalue weighted by atomic mass is 9.97. The third-order valence-electron chi connectivity index (χ3n) is 5.11. The van der Waals surface area contributed by atoms with E-state index in [-0.39, 0.29) is 28.0 Å². The number of fused-ring (bicyclic) bond motifs is 1. The number of halogens is 7. The van der Waals surface area contributed by atoms with Gasteiger partial charge in [-0.05, 0) is 31.2 Å². The second-order valence-electron chi connectivity index (χ2n) is 7.40. The normalized spacial score (nSPS) is 20.6. The molecule has 2 amide bonds. The van der Waals surface area contributed by atoms with Crippen molar-refractivity contribution in [3.63, 3.8) is 0 Å². The van der Waals surface area contributed by atoms with Crippen LogP contribution >= 0.6 is 11.6 Å². The molecule has 3 heterocycles. The van der Waals surface area contributed by atoms with E-state index >= 15 is 0 Å². The van der Waals surface area contributed by atoms with Gasteiger partial charge in [-0.2, -0.15) is 31.4 Å². The number of benzene rings is 1. The van der Waals surface area contributed by atoms with Crippen LogP contribution in [0, 0.1) is 5.92 Å². The topological polar surface area (TPSA) is 96.2 Å². The number of aromatic nitrogens is 1. The Morgan fingerprint density at radius 1 is 1.09 bits per heavy atom. The maximum absolute atomic E-state index is 13.1. The maximum atomic E-state index is 13.1. The largest absolute Gasteiger partial charge is 0.417 e. The monoisotopic (exact) mass is 519 g/mol. The van der Waals surface area contributed by atoms with Crippen molar-refractivity contribution in [1.82, 2.24) is 4.98 Å². The number of rotatable bonds is 4. The predicted octanol–water partition coefficient (Wildman–Crippen LogP) is 4.50. The van der Waals surface area contributed by atoms with Crippen molar-refractivity contribution in [2.45, 2.75) is 25.4 Å². The highest BCUT2D eigenvalue weighted by molar-refractivity contribution is 6.49. The minimum absolute atomic E-state index is 0.00214. The standard InChI is InChI=1S/C20H12ClF6N5O3/c1-8(29-30-16-12(21)6-10(7-28-16)20(25,26)27)14-13-15(35-31-14)18(34)32(17(13)33)11-4-2-3-9(5-11)19(22,23)24/h2-7,13,15H,1H3,(H,28,30)/b29-8-/t13-,15+/m1/s1. The van der Waals surface area contributed by atoms with Gasteiger partial charge in [0.05, 0.1) is 27.5 Å². The van der Waals surface area contributed by atoms with Crippen LogP contribution in [0.2, 0.25) is 5.02 Å². The Bertz CT molecular complexity index is 1280. The molecule has 0 saturated carbocycles. The van der Waals surface area contributed by atoms with Gasteiger partial charge in [0.2, 0.25) is 12.0 Å². The minimum atomic E-state index is -4.69. The van der Waals surface area contributed by atoms with E-state index < -0.39 is 47.3 Å². The summed E-state index contributed by atoms with van der Waals surface area (Å²) in [5.74, 6) is -3.31. The number of anilines is 2. The molecule has 1 N–H and O–H groups in total. The minimum Gasteiger partial charge on any atom is -0.381 e. The fourth-order valence-electron chi connectivity index (χ4n) is 3.42. The Hall–Kier alpha value is -3.68. The fraction of sp³-hybridized carbons (Fsp3) is 0.250. The third kappa shape index (κ3) is 4.52. The summed E-state index contributed by atoms with van der Waals surface area (Å²) >= 11 is 5.81.